The third-order valence-corrected chi connectivity index (χ3v) is 3.55. The van der Waals surface area contributed by atoms with E-state index in [-0.39, 0.29) is 5.91 Å². The number of nitrogens with one attached hydrogen (secondary N) is 1. The first kappa shape index (κ1) is 15.1. The molecule has 2 aromatic heterocycles. The minimum atomic E-state index is -0.338. The lowest BCUT2D eigenvalue weighted by molar-refractivity contribution is 0.0955. The van der Waals surface area contributed by atoms with Crippen molar-refractivity contribution in [3.63, 3.8) is 0 Å². The van der Waals surface area contributed by atoms with Crippen LogP contribution in [0, 0.1) is 6.92 Å². The molecule has 1 N–H and O–H groups in total. The van der Waals surface area contributed by atoms with Gasteiger partial charge in [0.25, 0.3) is 5.91 Å². The molecule has 0 aliphatic heterocycles. The van der Waals surface area contributed by atoms with E-state index < -0.39 is 0 Å². The van der Waals surface area contributed by atoms with Crippen molar-refractivity contribution in [2.75, 3.05) is 0 Å². The Labute approximate surface area is 138 Å². The number of hydrogen-bond acceptors (Lipinski definition) is 4. The Morgan fingerprint density at radius 1 is 1.30 bits per heavy atom. The Balaban J connectivity index is 1.79. The summed E-state index contributed by atoms with van der Waals surface area (Å²) < 4.78 is 0. The molecular formula is C17H13ClN4O. The minimum Gasteiger partial charge on any atom is -0.267 e. The Morgan fingerprint density at radius 2 is 2.17 bits per heavy atom. The molecule has 5 nitrogen and oxygen atoms in total. The lowest BCUT2D eigenvalue weighted by Gasteiger charge is -2.03. The molecule has 23 heavy (non-hydrogen) atoms. The lowest BCUT2D eigenvalue weighted by atomic mass is 10.1. The largest absolute Gasteiger partial charge is 0.272 e. The van der Waals surface area contributed by atoms with E-state index in [1.807, 2.05) is 31.2 Å². The summed E-state index contributed by atoms with van der Waals surface area (Å²) in [5, 5.41) is 5.22. The van der Waals surface area contributed by atoms with Gasteiger partial charge in [0.1, 0.15) is 5.15 Å². The van der Waals surface area contributed by atoms with Gasteiger partial charge in [0.05, 0.1) is 17.3 Å². The summed E-state index contributed by atoms with van der Waals surface area (Å²) in [6, 6.07) is 11.2. The molecule has 114 valence electrons. The van der Waals surface area contributed by atoms with E-state index in [9.17, 15) is 4.79 Å². The Morgan fingerprint density at radius 3 is 2.96 bits per heavy atom. The predicted octanol–water partition coefficient (Wildman–Crippen LogP) is 3.36. The van der Waals surface area contributed by atoms with Crippen molar-refractivity contribution in [2.45, 2.75) is 6.92 Å². The predicted molar refractivity (Wildman–Crippen MR) is 90.8 cm³/mol. The first-order valence-electron chi connectivity index (χ1n) is 6.94. The zero-order valence-corrected chi connectivity index (χ0v) is 13.1. The molecule has 0 aliphatic rings. The summed E-state index contributed by atoms with van der Waals surface area (Å²) >= 11 is 6.16. The number of carbonyl (C=O) groups is 1. The number of hydrazone groups is 1. The number of aryl methyl sites for hydroxylation is 1. The third kappa shape index (κ3) is 3.52. The maximum Gasteiger partial charge on any atom is 0.272 e. The highest BCUT2D eigenvalue weighted by Crippen LogP contribution is 2.20. The molecule has 0 atom stereocenters. The molecule has 1 aromatic carbocycles. The van der Waals surface area contributed by atoms with Crippen LogP contribution in [0.4, 0.5) is 0 Å². The summed E-state index contributed by atoms with van der Waals surface area (Å²) in [7, 11) is 0. The van der Waals surface area contributed by atoms with E-state index in [4.69, 9.17) is 11.6 Å². The summed E-state index contributed by atoms with van der Waals surface area (Å²) in [4.78, 5) is 20.1. The molecule has 3 aromatic rings. The number of nitrogens with zero attached hydrogens (tertiary/aromatic N) is 3. The van der Waals surface area contributed by atoms with E-state index in [0.29, 0.717) is 16.3 Å². The number of aromatic nitrogens is 2. The monoisotopic (exact) mass is 324 g/mol. The average Bonchev–Trinajstić information content (AvgIpc) is 2.56. The van der Waals surface area contributed by atoms with Crippen LogP contribution in [0.25, 0.3) is 10.9 Å². The van der Waals surface area contributed by atoms with Crippen LogP contribution in [-0.2, 0) is 0 Å². The lowest BCUT2D eigenvalue weighted by Crippen LogP contribution is -2.17. The number of fused-ring (bicyclic) bond motifs is 1. The van der Waals surface area contributed by atoms with Crippen molar-refractivity contribution >= 4 is 34.6 Å². The summed E-state index contributed by atoms with van der Waals surface area (Å²) in [5.74, 6) is -0.338. The summed E-state index contributed by atoms with van der Waals surface area (Å²) in [6.07, 6.45) is 4.54. The quantitative estimate of drug-likeness (QED) is 0.456. The SMILES string of the molecule is Cc1ccc2cc(/C=N/NC(=O)c3cccnc3)c(Cl)nc2c1. The second kappa shape index (κ2) is 6.54. The fourth-order valence-corrected chi connectivity index (χ4v) is 2.28. The van der Waals surface area contributed by atoms with Crippen molar-refractivity contribution in [1.29, 1.82) is 0 Å². The van der Waals surface area contributed by atoms with Gasteiger partial charge in [-0.05, 0) is 36.8 Å². The standard InChI is InChI=1S/C17H13ClN4O/c1-11-4-5-12-8-14(16(18)21-15(12)7-11)10-20-22-17(23)13-3-2-6-19-9-13/h2-10H,1H3,(H,22,23)/b20-10+. The van der Waals surface area contributed by atoms with Crippen LogP contribution < -0.4 is 5.43 Å². The van der Waals surface area contributed by atoms with Crippen molar-refractivity contribution in [3.8, 4) is 0 Å². The van der Waals surface area contributed by atoms with Crippen molar-refractivity contribution in [2.24, 2.45) is 5.10 Å². The van der Waals surface area contributed by atoms with Gasteiger partial charge in [-0.3, -0.25) is 9.78 Å². The number of hydrogen-bond donors (Lipinski definition) is 1. The zero-order valence-electron chi connectivity index (χ0n) is 12.3. The van der Waals surface area contributed by atoms with E-state index in [0.717, 1.165) is 16.5 Å². The van der Waals surface area contributed by atoms with Crippen LogP contribution in [0.5, 0.6) is 0 Å². The molecule has 0 aliphatic carbocycles. The normalized spacial score (nSPS) is 11.0. The van der Waals surface area contributed by atoms with Crippen LogP contribution in [0.2, 0.25) is 5.15 Å². The van der Waals surface area contributed by atoms with Gasteiger partial charge in [0.2, 0.25) is 0 Å². The molecule has 0 spiro atoms. The van der Waals surface area contributed by atoms with Gasteiger partial charge in [-0.1, -0.05) is 23.7 Å². The van der Waals surface area contributed by atoms with Gasteiger partial charge in [-0.15, -0.1) is 0 Å². The second-order valence-electron chi connectivity index (χ2n) is 5.01. The highest BCUT2D eigenvalue weighted by molar-refractivity contribution is 6.32. The number of amides is 1. The van der Waals surface area contributed by atoms with E-state index in [2.05, 4.69) is 20.5 Å². The van der Waals surface area contributed by atoms with Crippen LogP contribution in [0.15, 0.2) is 53.9 Å². The number of halogens is 1. The van der Waals surface area contributed by atoms with Crippen molar-refractivity contribution in [1.82, 2.24) is 15.4 Å². The number of pyridine rings is 2. The topological polar surface area (TPSA) is 67.2 Å². The van der Waals surface area contributed by atoms with Crippen molar-refractivity contribution < 1.29 is 4.79 Å². The van der Waals surface area contributed by atoms with Crippen LogP contribution in [0.1, 0.15) is 21.5 Å². The third-order valence-electron chi connectivity index (χ3n) is 3.25. The van der Waals surface area contributed by atoms with Crippen molar-refractivity contribution in [3.05, 3.63) is 70.6 Å². The summed E-state index contributed by atoms with van der Waals surface area (Å²) in [5.41, 5.74) is 5.45. The molecule has 0 saturated carbocycles. The van der Waals surface area contributed by atoms with Gasteiger partial charge in [0, 0.05) is 23.3 Å². The highest BCUT2D eigenvalue weighted by atomic mass is 35.5. The molecule has 1 amide bonds. The first-order valence-corrected chi connectivity index (χ1v) is 7.31. The number of carbonyl (C=O) groups excluding carboxylic acids is 1. The fourth-order valence-electron chi connectivity index (χ4n) is 2.08. The molecule has 6 heteroatoms. The number of rotatable bonds is 3. The zero-order chi connectivity index (χ0) is 16.2. The second-order valence-corrected chi connectivity index (χ2v) is 5.36. The maximum absolute atomic E-state index is 11.9. The van der Waals surface area contributed by atoms with E-state index in [1.54, 1.807) is 18.3 Å². The van der Waals surface area contributed by atoms with Gasteiger partial charge in [0.15, 0.2) is 0 Å². The van der Waals surface area contributed by atoms with Crippen LogP contribution in [-0.4, -0.2) is 22.1 Å². The van der Waals surface area contributed by atoms with E-state index >= 15 is 0 Å². The maximum atomic E-state index is 11.9. The Bertz CT molecular complexity index is 894. The van der Waals surface area contributed by atoms with Gasteiger partial charge < -0.3 is 0 Å². The smallest absolute Gasteiger partial charge is 0.267 e. The Kier molecular flexibility index (Phi) is 4.30. The van der Waals surface area contributed by atoms with Gasteiger partial charge >= 0.3 is 0 Å². The average molecular weight is 325 g/mol. The first-order chi connectivity index (χ1) is 11.1. The van der Waals surface area contributed by atoms with Crippen LogP contribution in [0.3, 0.4) is 0 Å². The minimum absolute atomic E-state index is 0.336. The fraction of sp³-hybridized carbons (Fsp3) is 0.0588. The molecule has 0 radical (unpaired) electrons. The molecule has 0 fully saturated rings. The Hall–Kier alpha value is -2.79. The molecule has 0 unspecified atom stereocenters. The van der Waals surface area contributed by atoms with E-state index in [1.165, 1.54) is 12.4 Å². The van der Waals surface area contributed by atoms with Gasteiger partial charge in [-0.2, -0.15) is 5.10 Å². The van der Waals surface area contributed by atoms with Gasteiger partial charge in [-0.25, -0.2) is 10.4 Å². The summed E-state index contributed by atoms with van der Waals surface area (Å²) in [6.45, 7) is 2.00. The molecule has 3 rings (SSSR count). The van der Waals surface area contributed by atoms with Crippen LogP contribution >= 0.6 is 11.6 Å². The molecular weight excluding hydrogens is 312 g/mol. The molecule has 2 heterocycles. The highest BCUT2D eigenvalue weighted by Gasteiger charge is 2.05. The number of benzene rings is 1. The molecule has 0 bridgehead atoms. The molecule has 0 saturated heterocycles.